The Labute approximate surface area is 60.4 Å². The minimum absolute atomic E-state index is 0.854. The zero-order chi connectivity index (χ0) is 6.81. The number of rotatable bonds is 0. The summed E-state index contributed by atoms with van der Waals surface area (Å²) in [4.78, 5) is 8.30. The number of hydrogen-bond acceptors (Lipinski definition) is 2. The zero-order valence-corrected chi connectivity index (χ0v) is 5.75. The molecular weight excluding hydrogens is 124 g/mol. The molecule has 0 bridgehead atoms. The molecule has 0 N–H and O–H groups in total. The van der Waals surface area contributed by atoms with Crippen molar-refractivity contribution in [2.75, 3.05) is 13.1 Å². The molecule has 2 heterocycles. The lowest BCUT2D eigenvalue weighted by atomic mass is 9.99. The van der Waals surface area contributed by atoms with Crippen molar-refractivity contribution < 1.29 is 0 Å². The maximum atomic E-state index is 4.17. The van der Waals surface area contributed by atoms with Crippen LogP contribution in [0.25, 0.3) is 0 Å². The van der Waals surface area contributed by atoms with Gasteiger partial charge in [0.2, 0.25) is 0 Å². The molecule has 2 heteroatoms. The second kappa shape index (κ2) is 2.37. The van der Waals surface area contributed by atoms with Gasteiger partial charge in [-0.25, -0.2) is 0 Å². The van der Waals surface area contributed by atoms with E-state index in [2.05, 4.69) is 16.4 Å². The van der Waals surface area contributed by atoms with Gasteiger partial charge in [0.1, 0.15) is 0 Å². The fraction of sp³-hybridized carbons (Fsp3) is 0.375. The molecule has 0 aromatic rings. The molecule has 51 valence electrons. The van der Waals surface area contributed by atoms with E-state index in [0.29, 0.717) is 0 Å². The number of aliphatic imine (C=N–C) groups is 2. The number of dihydropyridines is 2. The molecule has 0 spiro atoms. The first-order chi connectivity index (χ1) is 4.97. The normalized spacial score (nSPS) is 23.2. The van der Waals surface area contributed by atoms with Crippen LogP contribution < -0.4 is 0 Å². The lowest BCUT2D eigenvalue weighted by molar-refractivity contribution is 0.918. The summed E-state index contributed by atoms with van der Waals surface area (Å²) in [6.07, 6.45) is 7.11. The van der Waals surface area contributed by atoms with Crippen LogP contribution in [-0.4, -0.2) is 25.5 Å². The second-order valence-electron chi connectivity index (χ2n) is 2.46. The standard InChI is InChI=1S/C8H9N2/c1-3-9-5-8-6-10-4-2-7(1)8/h1,5-6H,2-4H2. The van der Waals surface area contributed by atoms with E-state index in [4.69, 9.17) is 0 Å². The molecule has 0 aromatic carbocycles. The van der Waals surface area contributed by atoms with Crippen LogP contribution in [0.3, 0.4) is 0 Å². The van der Waals surface area contributed by atoms with Crippen LogP contribution in [0.1, 0.15) is 6.42 Å². The Kier molecular flexibility index (Phi) is 1.38. The molecule has 0 aromatic heterocycles. The zero-order valence-electron chi connectivity index (χ0n) is 5.75. The average molecular weight is 133 g/mol. The van der Waals surface area contributed by atoms with Crippen LogP contribution in [0, 0.1) is 6.42 Å². The van der Waals surface area contributed by atoms with Gasteiger partial charge in [-0.1, -0.05) is 5.57 Å². The van der Waals surface area contributed by atoms with E-state index in [1.807, 2.05) is 12.4 Å². The van der Waals surface area contributed by atoms with Crippen molar-refractivity contribution in [2.45, 2.75) is 6.42 Å². The van der Waals surface area contributed by atoms with Crippen molar-refractivity contribution in [1.29, 1.82) is 0 Å². The Morgan fingerprint density at radius 3 is 3.00 bits per heavy atom. The first-order valence-corrected chi connectivity index (χ1v) is 3.53. The Morgan fingerprint density at radius 1 is 1.20 bits per heavy atom. The highest BCUT2D eigenvalue weighted by atomic mass is 14.8. The molecule has 0 fully saturated rings. The minimum atomic E-state index is 0.854. The van der Waals surface area contributed by atoms with E-state index in [0.717, 1.165) is 19.5 Å². The van der Waals surface area contributed by atoms with E-state index < -0.39 is 0 Å². The highest BCUT2D eigenvalue weighted by molar-refractivity contribution is 6.06. The van der Waals surface area contributed by atoms with Crippen molar-refractivity contribution in [2.24, 2.45) is 9.98 Å². The molecule has 1 radical (unpaired) electrons. The summed E-state index contributed by atoms with van der Waals surface area (Å²) in [5.41, 5.74) is 2.63. The largest absolute Gasteiger partial charge is 0.292 e. The molecule has 0 saturated carbocycles. The lowest BCUT2D eigenvalue weighted by Crippen LogP contribution is -2.09. The summed E-state index contributed by atoms with van der Waals surface area (Å²) in [5.74, 6) is 0. The van der Waals surface area contributed by atoms with Gasteiger partial charge in [-0.3, -0.25) is 9.98 Å². The van der Waals surface area contributed by atoms with Crippen LogP contribution in [0.4, 0.5) is 0 Å². The molecular formula is C8H9N2. The topological polar surface area (TPSA) is 24.7 Å². The van der Waals surface area contributed by atoms with Gasteiger partial charge < -0.3 is 0 Å². The number of nitrogens with zero attached hydrogens (tertiary/aromatic N) is 2. The van der Waals surface area contributed by atoms with Crippen molar-refractivity contribution in [3.63, 3.8) is 0 Å². The summed E-state index contributed by atoms with van der Waals surface area (Å²) in [5, 5.41) is 0. The van der Waals surface area contributed by atoms with Gasteiger partial charge in [0.15, 0.2) is 0 Å². The van der Waals surface area contributed by atoms with Crippen molar-refractivity contribution in [3.8, 4) is 0 Å². The maximum Gasteiger partial charge on any atom is 0.0461 e. The molecule has 2 aliphatic rings. The highest BCUT2D eigenvalue weighted by Crippen LogP contribution is 2.16. The van der Waals surface area contributed by atoms with Crippen LogP contribution in [0.15, 0.2) is 21.1 Å². The Morgan fingerprint density at radius 2 is 2.10 bits per heavy atom. The van der Waals surface area contributed by atoms with Crippen molar-refractivity contribution in [3.05, 3.63) is 17.6 Å². The average Bonchev–Trinajstić information content (AvgIpc) is 2.05. The van der Waals surface area contributed by atoms with Gasteiger partial charge in [-0.2, -0.15) is 0 Å². The van der Waals surface area contributed by atoms with E-state index in [1.54, 1.807) is 0 Å². The molecule has 0 unspecified atom stereocenters. The highest BCUT2D eigenvalue weighted by Gasteiger charge is 2.09. The van der Waals surface area contributed by atoms with Gasteiger partial charge in [0.25, 0.3) is 0 Å². The van der Waals surface area contributed by atoms with E-state index in [-0.39, 0.29) is 0 Å². The molecule has 2 rings (SSSR count). The Balaban J connectivity index is 2.32. The Bertz CT molecular complexity index is 201. The van der Waals surface area contributed by atoms with E-state index in [9.17, 15) is 0 Å². The minimum Gasteiger partial charge on any atom is -0.292 e. The summed E-state index contributed by atoms with van der Waals surface area (Å²) >= 11 is 0. The smallest absolute Gasteiger partial charge is 0.0461 e. The fourth-order valence-electron chi connectivity index (χ4n) is 1.23. The first-order valence-electron chi connectivity index (χ1n) is 3.53. The Hall–Kier alpha value is -0.920. The molecule has 2 nitrogen and oxygen atoms in total. The molecule has 0 atom stereocenters. The maximum absolute atomic E-state index is 4.17. The molecule has 10 heavy (non-hydrogen) atoms. The van der Waals surface area contributed by atoms with Crippen LogP contribution >= 0.6 is 0 Å². The van der Waals surface area contributed by atoms with E-state index >= 15 is 0 Å². The summed E-state index contributed by atoms with van der Waals surface area (Å²) < 4.78 is 0. The quantitative estimate of drug-likeness (QED) is 0.472. The molecule has 0 amide bonds. The van der Waals surface area contributed by atoms with Gasteiger partial charge in [-0.15, -0.1) is 0 Å². The van der Waals surface area contributed by atoms with Crippen molar-refractivity contribution >= 4 is 12.4 Å². The number of hydrogen-bond donors (Lipinski definition) is 0. The van der Waals surface area contributed by atoms with Gasteiger partial charge in [-0.05, 0) is 6.42 Å². The molecule has 2 aliphatic heterocycles. The number of allylic oxidation sites excluding steroid dienone is 1. The van der Waals surface area contributed by atoms with E-state index in [1.165, 1.54) is 11.1 Å². The predicted molar refractivity (Wildman–Crippen MR) is 42.7 cm³/mol. The van der Waals surface area contributed by atoms with Crippen molar-refractivity contribution in [1.82, 2.24) is 0 Å². The van der Waals surface area contributed by atoms with Gasteiger partial charge in [0.05, 0.1) is 0 Å². The predicted octanol–water partition coefficient (Wildman–Crippen LogP) is 1.05. The van der Waals surface area contributed by atoms with Gasteiger partial charge >= 0.3 is 0 Å². The van der Waals surface area contributed by atoms with Crippen LogP contribution in [0.5, 0.6) is 0 Å². The molecule has 0 aliphatic carbocycles. The van der Waals surface area contributed by atoms with Crippen LogP contribution in [0.2, 0.25) is 0 Å². The van der Waals surface area contributed by atoms with Crippen LogP contribution in [-0.2, 0) is 0 Å². The summed E-state index contributed by atoms with van der Waals surface area (Å²) in [7, 11) is 0. The fourth-order valence-corrected chi connectivity index (χ4v) is 1.23. The summed E-state index contributed by atoms with van der Waals surface area (Å²) in [6.45, 7) is 1.80. The summed E-state index contributed by atoms with van der Waals surface area (Å²) in [6, 6.07) is 0. The second-order valence-corrected chi connectivity index (χ2v) is 2.46. The monoisotopic (exact) mass is 133 g/mol. The lowest BCUT2D eigenvalue weighted by Gasteiger charge is -2.14. The third-order valence-corrected chi connectivity index (χ3v) is 1.78. The molecule has 0 saturated heterocycles. The van der Waals surface area contributed by atoms with Gasteiger partial charge in [0, 0.05) is 37.5 Å². The third kappa shape index (κ3) is 0.897. The SMILES string of the molecule is [CH]1CN=CC2=C1CCN=C2. The first kappa shape index (κ1) is 5.83. The third-order valence-electron chi connectivity index (χ3n) is 1.78.